The molecule has 0 atom stereocenters. The number of non-ortho nitro benzene ring substituents is 2. The molecule has 10 nitrogen and oxygen atoms in total. The average molecular weight is 506 g/mol. The van der Waals surface area contributed by atoms with Crippen LogP contribution in [0.2, 0.25) is 0 Å². The van der Waals surface area contributed by atoms with E-state index in [2.05, 4.69) is 5.32 Å². The van der Waals surface area contributed by atoms with E-state index in [1.807, 2.05) is 31.2 Å². The van der Waals surface area contributed by atoms with Gasteiger partial charge in [-0.3, -0.25) is 25.0 Å². The van der Waals surface area contributed by atoms with Crippen LogP contribution in [0.1, 0.15) is 21.9 Å². The van der Waals surface area contributed by atoms with Crippen LogP contribution in [0, 0.1) is 27.2 Å². The van der Waals surface area contributed by atoms with E-state index in [0.29, 0.717) is 16.4 Å². The summed E-state index contributed by atoms with van der Waals surface area (Å²) < 4.78 is 11.1. The summed E-state index contributed by atoms with van der Waals surface area (Å²) in [6.45, 7) is 1.97. The number of furan rings is 1. The molecule has 0 saturated heterocycles. The summed E-state index contributed by atoms with van der Waals surface area (Å²) in [5.41, 5.74) is 1.14. The number of nitro benzene ring substituents is 2. The lowest BCUT2D eigenvalue weighted by Gasteiger charge is -2.08. The Hall–Kier alpha value is -4.64. The lowest BCUT2D eigenvalue weighted by atomic mass is 10.2. The van der Waals surface area contributed by atoms with Crippen molar-refractivity contribution in [3.63, 3.8) is 0 Å². The maximum absolute atomic E-state index is 12.7. The van der Waals surface area contributed by atoms with Crippen molar-refractivity contribution >= 4 is 34.7 Å². The smallest absolute Gasteiger partial charge is 0.291 e. The van der Waals surface area contributed by atoms with Crippen molar-refractivity contribution in [1.29, 1.82) is 0 Å². The molecule has 0 spiro atoms. The summed E-state index contributed by atoms with van der Waals surface area (Å²) in [5, 5.41) is 24.8. The highest BCUT2D eigenvalue weighted by molar-refractivity contribution is 7.99. The van der Waals surface area contributed by atoms with Gasteiger partial charge in [0.05, 0.1) is 9.85 Å². The first-order valence-electron chi connectivity index (χ1n) is 10.6. The Labute approximate surface area is 209 Å². The Balaban J connectivity index is 1.43. The minimum Gasteiger partial charge on any atom is -0.486 e. The SMILES string of the molecule is Cc1ccc(Sc2cc(NC(=O)c3ccc(COc4ccc([N+](=O)[O-])cc4)o3)cc([N+](=O)[O-])c2)cc1. The molecule has 182 valence electrons. The molecule has 36 heavy (non-hydrogen) atoms. The number of hydrogen-bond donors (Lipinski definition) is 1. The van der Waals surface area contributed by atoms with Crippen LogP contribution in [0.4, 0.5) is 17.1 Å². The molecule has 1 aromatic heterocycles. The van der Waals surface area contributed by atoms with Gasteiger partial charge in [-0.15, -0.1) is 0 Å². The van der Waals surface area contributed by atoms with E-state index in [4.69, 9.17) is 9.15 Å². The molecule has 0 aliphatic rings. The second-order valence-corrected chi connectivity index (χ2v) is 8.79. The number of nitrogens with one attached hydrogen (secondary N) is 1. The van der Waals surface area contributed by atoms with Gasteiger partial charge in [-0.1, -0.05) is 29.5 Å². The Kier molecular flexibility index (Phi) is 7.31. The summed E-state index contributed by atoms with van der Waals surface area (Å²) in [5.74, 6) is 0.172. The van der Waals surface area contributed by atoms with Gasteiger partial charge in [0.1, 0.15) is 18.1 Å². The Bertz CT molecular complexity index is 1420. The summed E-state index contributed by atoms with van der Waals surface area (Å²) in [6.07, 6.45) is 0. The van der Waals surface area contributed by atoms with Gasteiger partial charge in [0.25, 0.3) is 17.3 Å². The summed E-state index contributed by atoms with van der Waals surface area (Å²) in [7, 11) is 0. The molecule has 0 fully saturated rings. The van der Waals surface area contributed by atoms with Crippen LogP contribution >= 0.6 is 11.8 Å². The van der Waals surface area contributed by atoms with E-state index in [9.17, 15) is 25.0 Å². The second-order valence-electron chi connectivity index (χ2n) is 7.65. The van der Waals surface area contributed by atoms with Crippen LogP contribution in [0.15, 0.2) is 93.1 Å². The van der Waals surface area contributed by atoms with Crippen molar-refractivity contribution in [2.24, 2.45) is 0 Å². The zero-order valence-electron chi connectivity index (χ0n) is 18.9. The minimum absolute atomic E-state index is 0.000756. The normalized spacial score (nSPS) is 10.6. The van der Waals surface area contributed by atoms with Crippen molar-refractivity contribution in [1.82, 2.24) is 0 Å². The molecule has 0 unspecified atom stereocenters. The maximum atomic E-state index is 12.7. The standard InChI is InChI=1S/C25H19N3O7S/c1-16-2-9-22(10-3-16)36-23-13-17(12-19(14-23)28(32)33)26-25(29)24-11-8-21(35-24)15-34-20-6-4-18(5-7-20)27(30)31/h2-14H,15H2,1H3,(H,26,29). The number of ether oxygens (including phenoxy) is 1. The van der Waals surface area contributed by atoms with Crippen LogP contribution in [0.5, 0.6) is 5.75 Å². The van der Waals surface area contributed by atoms with Gasteiger partial charge < -0.3 is 14.5 Å². The molecular weight excluding hydrogens is 486 g/mol. The predicted molar refractivity (Wildman–Crippen MR) is 132 cm³/mol. The van der Waals surface area contributed by atoms with Crippen LogP contribution in [-0.4, -0.2) is 15.8 Å². The molecule has 3 aromatic carbocycles. The number of anilines is 1. The van der Waals surface area contributed by atoms with Gasteiger partial charge in [0, 0.05) is 39.7 Å². The second kappa shape index (κ2) is 10.7. The van der Waals surface area contributed by atoms with E-state index in [1.54, 1.807) is 12.1 Å². The largest absolute Gasteiger partial charge is 0.486 e. The predicted octanol–water partition coefficient (Wildman–Crippen LogP) is 6.39. The van der Waals surface area contributed by atoms with E-state index in [-0.39, 0.29) is 29.4 Å². The summed E-state index contributed by atoms with van der Waals surface area (Å²) in [6, 6.07) is 20.7. The van der Waals surface area contributed by atoms with E-state index in [0.717, 1.165) is 10.5 Å². The lowest BCUT2D eigenvalue weighted by Crippen LogP contribution is -2.11. The maximum Gasteiger partial charge on any atom is 0.291 e. The van der Waals surface area contributed by atoms with Gasteiger partial charge in [-0.05, 0) is 49.4 Å². The van der Waals surface area contributed by atoms with Crippen LogP contribution < -0.4 is 10.1 Å². The fourth-order valence-corrected chi connectivity index (χ4v) is 4.06. The topological polar surface area (TPSA) is 138 Å². The molecule has 1 amide bonds. The molecule has 0 aliphatic carbocycles. The molecule has 0 bridgehead atoms. The average Bonchev–Trinajstić information content (AvgIpc) is 3.33. The number of aryl methyl sites for hydroxylation is 1. The molecule has 0 saturated carbocycles. The van der Waals surface area contributed by atoms with Crippen molar-refractivity contribution in [2.75, 3.05) is 5.32 Å². The number of amides is 1. The molecule has 0 aliphatic heterocycles. The molecular formula is C25H19N3O7S. The zero-order valence-corrected chi connectivity index (χ0v) is 19.7. The molecule has 4 aromatic rings. The first-order chi connectivity index (χ1) is 17.3. The number of benzene rings is 3. The van der Waals surface area contributed by atoms with Crippen molar-refractivity contribution in [3.05, 3.63) is 116 Å². The molecule has 4 rings (SSSR count). The number of hydrogen-bond acceptors (Lipinski definition) is 8. The lowest BCUT2D eigenvalue weighted by molar-refractivity contribution is -0.385. The Morgan fingerprint density at radius 3 is 2.25 bits per heavy atom. The highest BCUT2D eigenvalue weighted by Crippen LogP contribution is 2.33. The highest BCUT2D eigenvalue weighted by atomic mass is 32.2. The number of nitro groups is 2. The third-order valence-electron chi connectivity index (χ3n) is 4.93. The van der Waals surface area contributed by atoms with Crippen LogP contribution in [-0.2, 0) is 6.61 Å². The van der Waals surface area contributed by atoms with Crippen molar-refractivity contribution in [3.8, 4) is 5.75 Å². The van der Waals surface area contributed by atoms with Gasteiger partial charge >= 0.3 is 0 Å². The van der Waals surface area contributed by atoms with Crippen molar-refractivity contribution < 1.29 is 23.8 Å². The number of carbonyl (C=O) groups excluding carboxylic acids is 1. The fraction of sp³-hybridized carbons (Fsp3) is 0.0800. The Morgan fingerprint density at radius 1 is 0.889 bits per heavy atom. The van der Waals surface area contributed by atoms with Gasteiger partial charge in [-0.2, -0.15) is 0 Å². The molecule has 1 heterocycles. The summed E-state index contributed by atoms with van der Waals surface area (Å²) >= 11 is 1.34. The Morgan fingerprint density at radius 2 is 1.58 bits per heavy atom. The zero-order chi connectivity index (χ0) is 25.7. The fourth-order valence-electron chi connectivity index (χ4n) is 3.15. The van der Waals surface area contributed by atoms with E-state index < -0.39 is 15.8 Å². The van der Waals surface area contributed by atoms with Crippen LogP contribution in [0.25, 0.3) is 0 Å². The third-order valence-corrected chi connectivity index (χ3v) is 5.91. The van der Waals surface area contributed by atoms with E-state index >= 15 is 0 Å². The highest BCUT2D eigenvalue weighted by Gasteiger charge is 2.16. The third kappa shape index (κ3) is 6.27. The van der Waals surface area contributed by atoms with E-state index in [1.165, 1.54) is 54.2 Å². The van der Waals surface area contributed by atoms with Gasteiger partial charge in [-0.25, -0.2) is 0 Å². The summed E-state index contributed by atoms with van der Waals surface area (Å²) in [4.78, 5) is 35.3. The molecule has 0 radical (unpaired) electrons. The first kappa shape index (κ1) is 24.5. The minimum atomic E-state index is -0.580. The number of carbonyl (C=O) groups is 1. The molecule has 11 heteroatoms. The van der Waals surface area contributed by atoms with Gasteiger partial charge in [0.15, 0.2) is 5.76 Å². The number of nitrogens with zero attached hydrogens (tertiary/aromatic N) is 2. The number of rotatable bonds is 9. The van der Waals surface area contributed by atoms with Crippen LogP contribution in [0.3, 0.4) is 0 Å². The first-order valence-corrected chi connectivity index (χ1v) is 11.4. The van der Waals surface area contributed by atoms with Gasteiger partial charge in [0.2, 0.25) is 0 Å². The quantitative estimate of drug-likeness (QED) is 0.204. The molecule has 1 N–H and O–H groups in total. The van der Waals surface area contributed by atoms with Crippen molar-refractivity contribution in [2.45, 2.75) is 23.3 Å². The monoisotopic (exact) mass is 505 g/mol.